The van der Waals surface area contributed by atoms with Crippen LogP contribution in [0.5, 0.6) is 0 Å². The van der Waals surface area contributed by atoms with Gasteiger partial charge in [0.05, 0.1) is 17.4 Å². The molecule has 2 N–H and O–H groups in total. The quantitative estimate of drug-likeness (QED) is 0.868. The van der Waals surface area contributed by atoms with Gasteiger partial charge in [-0.05, 0) is 27.1 Å². The molecule has 0 atom stereocenters. The highest BCUT2D eigenvalue weighted by Crippen LogP contribution is 2.11. The number of aliphatic carboxylic acids is 1. The van der Waals surface area contributed by atoms with Crippen molar-refractivity contribution in [3.63, 3.8) is 0 Å². The van der Waals surface area contributed by atoms with Crippen LogP contribution in [-0.4, -0.2) is 20.6 Å². The number of carbonyl (C=O) groups is 1. The van der Waals surface area contributed by atoms with E-state index < -0.39 is 17.2 Å². The molecular formula is C13H11BrN2O4. The fraction of sp³-hybridized carbons (Fsp3) is 0.154. The van der Waals surface area contributed by atoms with E-state index in [4.69, 9.17) is 5.11 Å². The summed E-state index contributed by atoms with van der Waals surface area (Å²) < 4.78 is 1.56. The maximum absolute atomic E-state index is 11.7. The fourth-order valence-corrected chi connectivity index (χ4v) is 2.18. The number of carboxylic acid groups (broad SMARTS) is 1. The van der Waals surface area contributed by atoms with E-state index in [1.54, 1.807) is 24.3 Å². The maximum Gasteiger partial charge on any atom is 0.328 e. The number of nitrogens with one attached hydrogen (secondary N) is 1. The smallest absolute Gasteiger partial charge is 0.328 e. The summed E-state index contributed by atoms with van der Waals surface area (Å²) in [5.41, 5.74) is 0.318. The lowest BCUT2D eigenvalue weighted by molar-refractivity contribution is -0.136. The Kier molecular flexibility index (Phi) is 4.19. The average Bonchev–Trinajstić information content (AvgIpc) is 2.37. The molecule has 6 nitrogen and oxygen atoms in total. The molecule has 7 heteroatoms. The summed E-state index contributed by atoms with van der Waals surface area (Å²) in [7, 11) is 0. The van der Waals surface area contributed by atoms with Crippen LogP contribution in [0.2, 0.25) is 0 Å². The van der Waals surface area contributed by atoms with Crippen molar-refractivity contribution in [2.45, 2.75) is 13.0 Å². The highest BCUT2D eigenvalue weighted by Gasteiger charge is 2.08. The minimum atomic E-state index is -0.938. The number of halogens is 1. The van der Waals surface area contributed by atoms with Crippen LogP contribution in [0.3, 0.4) is 0 Å². The molecule has 0 unspecified atom stereocenters. The lowest BCUT2D eigenvalue weighted by Gasteiger charge is -2.09. The summed E-state index contributed by atoms with van der Waals surface area (Å²) in [5, 5.41) is 8.87. The number of H-pyrrole nitrogens is 1. The van der Waals surface area contributed by atoms with Crippen LogP contribution < -0.4 is 11.2 Å². The van der Waals surface area contributed by atoms with Crippen molar-refractivity contribution in [2.75, 3.05) is 0 Å². The molecule has 0 spiro atoms. The van der Waals surface area contributed by atoms with Crippen LogP contribution in [0.1, 0.15) is 11.1 Å². The van der Waals surface area contributed by atoms with Crippen LogP contribution in [0.25, 0.3) is 0 Å². The zero-order valence-corrected chi connectivity index (χ0v) is 11.9. The highest BCUT2D eigenvalue weighted by molar-refractivity contribution is 9.10. The van der Waals surface area contributed by atoms with Crippen LogP contribution in [-0.2, 0) is 17.8 Å². The molecule has 20 heavy (non-hydrogen) atoms. The fourth-order valence-electron chi connectivity index (χ4n) is 1.83. The van der Waals surface area contributed by atoms with E-state index in [9.17, 15) is 14.4 Å². The van der Waals surface area contributed by atoms with Gasteiger partial charge in [0.2, 0.25) is 0 Å². The van der Waals surface area contributed by atoms with Crippen molar-refractivity contribution in [3.8, 4) is 0 Å². The van der Waals surface area contributed by atoms with E-state index >= 15 is 0 Å². The van der Waals surface area contributed by atoms with E-state index in [0.717, 1.165) is 5.56 Å². The second kappa shape index (κ2) is 5.87. The highest BCUT2D eigenvalue weighted by atomic mass is 79.9. The first kappa shape index (κ1) is 14.3. The van der Waals surface area contributed by atoms with Gasteiger partial charge in [-0.1, -0.05) is 24.3 Å². The Morgan fingerprint density at radius 1 is 1.25 bits per heavy atom. The molecule has 0 saturated carbocycles. The molecule has 2 aromatic rings. The zero-order chi connectivity index (χ0) is 14.7. The number of hydrogen-bond acceptors (Lipinski definition) is 3. The normalized spacial score (nSPS) is 10.4. The Morgan fingerprint density at radius 3 is 2.55 bits per heavy atom. The van der Waals surface area contributed by atoms with Crippen molar-refractivity contribution >= 4 is 21.9 Å². The van der Waals surface area contributed by atoms with Gasteiger partial charge in [0, 0.05) is 6.20 Å². The summed E-state index contributed by atoms with van der Waals surface area (Å²) in [5.74, 6) is -0.938. The summed E-state index contributed by atoms with van der Waals surface area (Å²) in [6.07, 6.45) is 1.27. The SMILES string of the molecule is O=C(O)Cc1ccccc1Cn1cc(Br)c(=O)[nH]c1=O. The summed E-state index contributed by atoms with van der Waals surface area (Å²) in [6.45, 7) is 0.192. The molecule has 0 fully saturated rings. The third-order valence-electron chi connectivity index (χ3n) is 2.77. The molecule has 0 aliphatic rings. The molecule has 1 aromatic carbocycles. The van der Waals surface area contributed by atoms with Crippen molar-refractivity contribution < 1.29 is 9.90 Å². The molecule has 0 radical (unpaired) electrons. The maximum atomic E-state index is 11.7. The van der Waals surface area contributed by atoms with Gasteiger partial charge in [-0.2, -0.15) is 0 Å². The van der Waals surface area contributed by atoms with Crippen LogP contribution in [0.15, 0.2) is 44.5 Å². The lowest BCUT2D eigenvalue weighted by atomic mass is 10.0. The average molecular weight is 339 g/mol. The number of carboxylic acids is 1. The first-order chi connectivity index (χ1) is 9.47. The molecule has 0 aliphatic heterocycles. The van der Waals surface area contributed by atoms with E-state index in [0.29, 0.717) is 5.56 Å². The molecule has 1 aromatic heterocycles. The largest absolute Gasteiger partial charge is 0.481 e. The van der Waals surface area contributed by atoms with E-state index in [2.05, 4.69) is 20.9 Å². The predicted octanol–water partition coefficient (Wildman–Crippen LogP) is 0.974. The van der Waals surface area contributed by atoms with Crippen LogP contribution in [0, 0.1) is 0 Å². The number of hydrogen-bond donors (Lipinski definition) is 2. The Labute approximate surface area is 121 Å². The molecule has 1 heterocycles. The van der Waals surface area contributed by atoms with Gasteiger partial charge < -0.3 is 5.11 Å². The van der Waals surface area contributed by atoms with Gasteiger partial charge in [-0.25, -0.2) is 4.79 Å². The Bertz CT molecular complexity index is 763. The van der Waals surface area contributed by atoms with Gasteiger partial charge in [0.1, 0.15) is 0 Å². The van der Waals surface area contributed by atoms with Crippen LogP contribution >= 0.6 is 15.9 Å². The van der Waals surface area contributed by atoms with E-state index in [1.165, 1.54) is 10.8 Å². The van der Waals surface area contributed by atoms with Gasteiger partial charge >= 0.3 is 11.7 Å². The zero-order valence-electron chi connectivity index (χ0n) is 10.3. The molecule has 104 valence electrons. The van der Waals surface area contributed by atoms with E-state index in [-0.39, 0.29) is 17.4 Å². The predicted molar refractivity (Wildman–Crippen MR) is 75.9 cm³/mol. The molecule has 0 bridgehead atoms. The summed E-state index contributed by atoms with van der Waals surface area (Å²) in [6, 6.07) is 6.97. The Hall–Kier alpha value is -2.15. The Balaban J connectivity index is 2.40. The molecule has 0 saturated heterocycles. The van der Waals surface area contributed by atoms with Gasteiger partial charge in [0.15, 0.2) is 0 Å². The van der Waals surface area contributed by atoms with Gasteiger partial charge in [-0.3, -0.25) is 19.1 Å². The number of rotatable bonds is 4. The number of benzene rings is 1. The van der Waals surface area contributed by atoms with Crippen LogP contribution in [0.4, 0.5) is 0 Å². The lowest BCUT2D eigenvalue weighted by Crippen LogP contribution is -2.30. The number of aromatic nitrogens is 2. The summed E-state index contributed by atoms with van der Waals surface area (Å²) in [4.78, 5) is 36.0. The minimum absolute atomic E-state index is 0.116. The number of nitrogens with zero attached hydrogens (tertiary/aromatic N) is 1. The van der Waals surface area contributed by atoms with Crippen molar-refractivity contribution in [2.24, 2.45) is 0 Å². The monoisotopic (exact) mass is 338 g/mol. The van der Waals surface area contributed by atoms with Crippen molar-refractivity contribution in [1.29, 1.82) is 0 Å². The second-order valence-electron chi connectivity index (χ2n) is 4.20. The van der Waals surface area contributed by atoms with Crippen molar-refractivity contribution in [1.82, 2.24) is 9.55 Å². The first-order valence-corrected chi connectivity index (χ1v) is 6.54. The Morgan fingerprint density at radius 2 is 1.90 bits per heavy atom. The number of aromatic amines is 1. The van der Waals surface area contributed by atoms with Crippen molar-refractivity contribution in [3.05, 3.63) is 66.9 Å². The topological polar surface area (TPSA) is 92.2 Å². The van der Waals surface area contributed by atoms with Gasteiger partial charge in [-0.15, -0.1) is 0 Å². The van der Waals surface area contributed by atoms with Gasteiger partial charge in [0.25, 0.3) is 5.56 Å². The molecule has 0 aliphatic carbocycles. The first-order valence-electron chi connectivity index (χ1n) is 5.75. The summed E-state index contributed by atoms with van der Waals surface area (Å²) >= 11 is 3.05. The second-order valence-corrected chi connectivity index (χ2v) is 5.06. The standard InChI is InChI=1S/C13H11BrN2O4/c14-10-7-16(13(20)15-12(10)19)6-9-4-2-1-3-8(9)5-11(17)18/h1-4,7H,5-6H2,(H,17,18)(H,15,19,20). The molecular weight excluding hydrogens is 328 g/mol. The third-order valence-corrected chi connectivity index (χ3v) is 3.33. The van der Waals surface area contributed by atoms with E-state index in [1.807, 2.05) is 0 Å². The third kappa shape index (κ3) is 3.24. The molecule has 0 amide bonds. The molecule has 2 rings (SSSR count). The minimum Gasteiger partial charge on any atom is -0.481 e.